The third kappa shape index (κ3) is 6.45. The number of hydrogen-bond acceptors (Lipinski definition) is 14. The number of carboxylic acid groups (broad SMARTS) is 1. The molecule has 0 aliphatic carbocycles. The van der Waals surface area contributed by atoms with Gasteiger partial charge in [0.2, 0.25) is 0 Å². The zero-order valence-corrected chi connectivity index (χ0v) is 19.0. The summed E-state index contributed by atoms with van der Waals surface area (Å²) in [5.74, 6) is -1.34. The Kier molecular flexibility index (Phi) is 10.2. The number of rotatable bonds is 9. The van der Waals surface area contributed by atoms with E-state index in [0.29, 0.717) is 0 Å². The average molecular weight is 514 g/mol. The summed E-state index contributed by atoms with van der Waals surface area (Å²) in [4.78, 5) is 10.9. The lowest BCUT2D eigenvalue weighted by molar-refractivity contribution is -0.355. The molecule has 3 aliphatic heterocycles. The maximum absolute atomic E-state index is 10.9. The third-order valence-electron chi connectivity index (χ3n) is 6.28. The van der Waals surface area contributed by atoms with Crippen LogP contribution in [-0.2, 0) is 33.2 Å². The van der Waals surface area contributed by atoms with Crippen molar-refractivity contribution in [2.75, 3.05) is 26.4 Å². The summed E-state index contributed by atoms with van der Waals surface area (Å²) >= 11 is 0. The van der Waals surface area contributed by atoms with E-state index in [2.05, 4.69) is 0 Å². The Morgan fingerprint density at radius 3 is 2.11 bits per heavy atom. The van der Waals surface area contributed by atoms with E-state index in [1.165, 1.54) is 6.92 Å². The molecule has 3 aliphatic rings. The minimum atomic E-state index is -1.67. The van der Waals surface area contributed by atoms with Crippen LogP contribution < -0.4 is 0 Å². The van der Waals surface area contributed by atoms with E-state index in [9.17, 15) is 40.5 Å². The fourth-order valence-electron chi connectivity index (χ4n) is 4.29. The lowest BCUT2D eigenvalue weighted by Gasteiger charge is -2.46. The molecule has 15 heteroatoms. The highest BCUT2D eigenvalue weighted by Crippen LogP contribution is 2.31. The molecule has 204 valence electrons. The SMILES string of the molecule is C[C@@H]1O[C@@H](O[C@@H]2[C@@H](CO)OCC[C@H]2O[C@@H]2O[C@H](CO)[C@H](O)[C@H](OCC(=O)O)[C@H]2O)[C@@H](O)[C@H](O)[C@@H]1O. The van der Waals surface area contributed by atoms with Gasteiger partial charge in [0, 0.05) is 6.61 Å². The van der Waals surface area contributed by atoms with Crippen molar-refractivity contribution in [2.24, 2.45) is 0 Å². The van der Waals surface area contributed by atoms with E-state index < -0.39 is 106 Å². The lowest BCUT2D eigenvalue weighted by atomic mass is 9.97. The molecule has 3 fully saturated rings. The lowest BCUT2D eigenvalue weighted by Crippen LogP contribution is -2.63. The van der Waals surface area contributed by atoms with Gasteiger partial charge in [0.05, 0.1) is 25.4 Å². The third-order valence-corrected chi connectivity index (χ3v) is 6.28. The van der Waals surface area contributed by atoms with E-state index in [1.54, 1.807) is 0 Å². The first-order chi connectivity index (χ1) is 16.6. The molecule has 0 unspecified atom stereocenters. The molecule has 3 rings (SSSR count). The van der Waals surface area contributed by atoms with Crippen molar-refractivity contribution in [2.45, 2.75) is 93.1 Å². The number of ether oxygens (including phenoxy) is 6. The van der Waals surface area contributed by atoms with E-state index >= 15 is 0 Å². The van der Waals surface area contributed by atoms with E-state index in [4.69, 9.17) is 33.5 Å². The first kappa shape index (κ1) is 28.5. The molecule has 0 aromatic heterocycles. The molecule has 0 saturated carbocycles. The molecular formula is C20H34O15. The summed E-state index contributed by atoms with van der Waals surface area (Å²) in [5.41, 5.74) is 0. The highest BCUT2D eigenvalue weighted by atomic mass is 16.7. The number of aliphatic carboxylic acids is 1. The monoisotopic (exact) mass is 514 g/mol. The molecular weight excluding hydrogens is 480 g/mol. The van der Waals surface area contributed by atoms with Crippen LogP contribution in [0.15, 0.2) is 0 Å². The van der Waals surface area contributed by atoms with Crippen molar-refractivity contribution in [1.82, 2.24) is 0 Å². The second kappa shape index (κ2) is 12.5. The van der Waals surface area contributed by atoms with Crippen LogP contribution in [0.4, 0.5) is 0 Å². The topological polar surface area (TPSA) is 234 Å². The van der Waals surface area contributed by atoms with Gasteiger partial charge in [0.1, 0.15) is 61.5 Å². The van der Waals surface area contributed by atoms with Crippen LogP contribution in [-0.4, -0.2) is 153 Å². The fourth-order valence-corrected chi connectivity index (χ4v) is 4.29. The van der Waals surface area contributed by atoms with E-state index in [1.807, 2.05) is 0 Å². The number of hydrogen-bond donors (Lipinski definition) is 8. The maximum atomic E-state index is 10.9. The Balaban J connectivity index is 1.76. The van der Waals surface area contributed by atoms with Crippen molar-refractivity contribution in [1.29, 1.82) is 0 Å². The summed E-state index contributed by atoms with van der Waals surface area (Å²) in [5, 5.41) is 79.5. The second-order valence-electron chi connectivity index (χ2n) is 8.71. The zero-order chi connectivity index (χ0) is 25.9. The largest absolute Gasteiger partial charge is 0.480 e. The number of carbonyl (C=O) groups is 1. The van der Waals surface area contributed by atoms with E-state index in [-0.39, 0.29) is 13.0 Å². The van der Waals surface area contributed by atoms with Crippen molar-refractivity contribution in [3.05, 3.63) is 0 Å². The van der Waals surface area contributed by atoms with Gasteiger partial charge < -0.3 is 69.3 Å². The molecule has 0 spiro atoms. The van der Waals surface area contributed by atoms with E-state index in [0.717, 1.165) is 0 Å². The Hall–Kier alpha value is -1.05. The molecule has 0 amide bonds. The molecule has 0 bridgehead atoms. The van der Waals surface area contributed by atoms with Crippen LogP contribution in [0, 0.1) is 0 Å². The molecule has 0 aromatic carbocycles. The van der Waals surface area contributed by atoms with Crippen LogP contribution >= 0.6 is 0 Å². The van der Waals surface area contributed by atoms with Gasteiger partial charge in [-0.2, -0.15) is 0 Å². The molecule has 3 saturated heterocycles. The van der Waals surface area contributed by atoms with Gasteiger partial charge in [-0.15, -0.1) is 0 Å². The van der Waals surface area contributed by atoms with Crippen molar-refractivity contribution >= 4 is 5.97 Å². The van der Waals surface area contributed by atoms with Gasteiger partial charge in [0.25, 0.3) is 0 Å². The van der Waals surface area contributed by atoms with Gasteiger partial charge in [-0.25, -0.2) is 4.79 Å². The highest BCUT2D eigenvalue weighted by molar-refractivity contribution is 5.68. The molecule has 15 nitrogen and oxygen atoms in total. The summed E-state index contributed by atoms with van der Waals surface area (Å²) in [7, 11) is 0. The highest BCUT2D eigenvalue weighted by Gasteiger charge is 2.50. The molecule has 0 aromatic rings. The molecule has 13 atom stereocenters. The quantitative estimate of drug-likeness (QED) is 0.144. The smallest absolute Gasteiger partial charge is 0.329 e. The standard InChI is InChI=1S/C20H34O15/c1-7-12(25)14(27)15(28)19(32-7)35-17-8(2-3-30-10(17)5-22)33-20-16(29)18(31-6-11(23)24)13(26)9(4-21)34-20/h7-10,12-22,25-29H,2-6H2,1H3,(H,23,24)/t7-,8+,9+,10+,12+,13-,14+,15-,16+,17-,18-,19-,20+/m0/s1. The van der Waals surface area contributed by atoms with Gasteiger partial charge >= 0.3 is 5.97 Å². The molecule has 35 heavy (non-hydrogen) atoms. The summed E-state index contributed by atoms with van der Waals surface area (Å²) in [6.45, 7) is -0.467. The summed E-state index contributed by atoms with van der Waals surface area (Å²) < 4.78 is 33.2. The van der Waals surface area contributed by atoms with Crippen LogP contribution in [0.1, 0.15) is 13.3 Å². The Bertz CT molecular complexity index is 681. The average Bonchev–Trinajstić information content (AvgIpc) is 2.83. The van der Waals surface area contributed by atoms with Crippen LogP contribution in [0.5, 0.6) is 0 Å². The minimum absolute atomic E-state index is 0.107. The minimum Gasteiger partial charge on any atom is -0.480 e. The fraction of sp³-hybridized carbons (Fsp3) is 0.950. The number of carboxylic acids is 1. The Labute approximate surface area is 200 Å². The first-order valence-electron chi connectivity index (χ1n) is 11.3. The van der Waals surface area contributed by atoms with Gasteiger partial charge in [0.15, 0.2) is 12.6 Å². The predicted octanol–water partition coefficient (Wildman–Crippen LogP) is -4.73. The summed E-state index contributed by atoms with van der Waals surface area (Å²) in [6, 6.07) is 0. The Morgan fingerprint density at radius 1 is 0.829 bits per heavy atom. The summed E-state index contributed by atoms with van der Waals surface area (Å²) in [6.07, 6.45) is -17.2. The number of aliphatic hydroxyl groups excluding tert-OH is 7. The predicted molar refractivity (Wildman–Crippen MR) is 109 cm³/mol. The Morgan fingerprint density at radius 2 is 1.49 bits per heavy atom. The second-order valence-corrected chi connectivity index (χ2v) is 8.71. The van der Waals surface area contributed by atoms with Crippen LogP contribution in [0.3, 0.4) is 0 Å². The van der Waals surface area contributed by atoms with Gasteiger partial charge in [-0.05, 0) is 13.3 Å². The van der Waals surface area contributed by atoms with Crippen LogP contribution in [0.25, 0.3) is 0 Å². The zero-order valence-electron chi connectivity index (χ0n) is 19.0. The first-order valence-corrected chi connectivity index (χ1v) is 11.3. The van der Waals surface area contributed by atoms with Crippen molar-refractivity contribution in [3.8, 4) is 0 Å². The van der Waals surface area contributed by atoms with Crippen molar-refractivity contribution in [3.63, 3.8) is 0 Å². The van der Waals surface area contributed by atoms with Gasteiger partial charge in [-0.1, -0.05) is 0 Å². The van der Waals surface area contributed by atoms with Crippen LogP contribution in [0.2, 0.25) is 0 Å². The number of aliphatic hydroxyl groups is 7. The molecule has 3 heterocycles. The molecule has 0 radical (unpaired) electrons. The van der Waals surface area contributed by atoms with Crippen molar-refractivity contribution < 1.29 is 74.1 Å². The van der Waals surface area contributed by atoms with Gasteiger partial charge in [-0.3, -0.25) is 0 Å². The molecule has 8 N–H and O–H groups in total. The normalized spacial score (nSPS) is 46.9. The maximum Gasteiger partial charge on any atom is 0.329 e.